The Labute approximate surface area is 173 Å². The number of ether oxygens (including phenoxy) is 2. The van der Waals surface area contributed by atoms with Gasteiger partial charge in [0.2, 0.25) is 10.0 Å². The van der Waals surface area contributed by atoms with Gasteiger partial charge in [0, 0.05) is 31.7 Å². The summed E-state index contributed by atoms with van der Waals surface area (Å²) in [5.74, 6) is 1.01. The van der Waals surface area contributed by atoms with Crippen LogP contribution in [0.5, 0.6) is 11.5 Å². The van der Waals surface area contributed by atoms with Crippen LogP contribution < -0.4 is 14.2 Å². The number of rotatable bonds is 9. The van der Waals surface area contributed by atoms with Crippen molar-refractivity contribution in [3.8, 4) is 11.5 Å². The topological polar surface area (TPSA) is 67.9 Å². The maximum atomic E-state index is 12.9. The minimum absolute atomic E-state index is 0.0610. The van der Waals surface area contributed by atoms with E-state index in [-0.39, 0.29) is 10.9 Å². The highest BCUT2D eigenvalue weighted by molar-refractivity contribution is 7.89. The van der Waals surface area contributed by atoms with Crippen LogP contribution in [0.1, 0.15) is 32.3 Å². The molecule has 1 aliphatic rings. The van der Waals surface area contributed by atoms with E-state index in [9.17, 15) is 8.42 Å². The van der Waals surface area contributed by atoms with Gasteiger partial charge in [-0.15, -0.1) is 0 Å². The Kier molecular flexibility index (Phi) is 7.52. The molecule has 0 unspecified atom stereocenters. The van der Waals surface area contributed by atoms with Gasteiger partial charge in [0.25, 0.3) is 0 Å². The highest BCUT2D eigenvalue weighted by Gasteiger charge is 2.25. The van der Waals surface area contributed by atoms with E-state index in [1.807, 2.05) is 32.0 Å². The van der Waals surface area contributed by atoms with Crippen LogP contribution >= 0.6 is 0 Å². The molecule has 1 saturated heterocycles. The Morgan fingerprint density at radius 2 is 1.62 bits per heavy atom. The molecule has 6 nitrogen and oxygen atoms in total. The van der Waals surface area contributed by atoms with Crippen molar-refractivity contribution in [2.24, 2.45) is 0 Å². The summed E-state index contributed by atoms with van der Waals surface area (Å²) in [7, 11) is -3.61. The van der Waals surface area contributed by atoms with Gasteiger partial charge in [-0.25, -0.2) is 13.1 Å². The number of likely N-dealkylation sites (tertiary alicyclic amines) is 1. The SMILES string of the molecule is CCOc1ccc(S(=O)(=O)NC2CCN(Cc3ccccc3)CC2)cc1OCC. The zero-order chi connectivity index (χ0) is 20.7. The summed E-state index contributed by atoms with van der Waals surface area (Å²) < 4.78 is 39.7. The molecule has 0 atom stereocenters. The van der Waals surface area contributed by atoms with Crippen LogP contribution in [-0.2, 0) is 16.6 Å². The molecule has 0 bridgehead atoms. The number of hydrogen-bond donors (Lipinski definition) is 1. The molecule has 0 spiro atoms. The van der Waals surface area contributed by atoms with E-state index in [4.69, 9.17) is 9.47 Å². The van der Waals surface area contributed by atoms with E-state index >= 15 is 0 Å². The van der Waals surface area contributed by atoms with Gasteiger partial charge in [0.15, 0.2) is 11.5 Å². The first-order valence-corrected chi connectivity index (χ1v) is 11.7. The highest BCUT2D eigenvalue weighted by atomic mass is 32.2. The third-order valence-electron chi connectivity index (χ3n) is 4.98. The van der Waals surface area contributed by atoms with Gasteiger partial charge < -0.3 is 9.47 Å². The van der Waals surface area contributed by atoms with E-state index in [1.54, 1.807) is 18.2 Å². The third-order valence-corrected chi connectivity index (χ3v) is 6.50. The van der Waals surface area contributed by atoms with E-state index in [2.05, 4.69) is 21.8 Å². The maximum absolute atomic E-state index is 12.9. The van der Waals surface area contributed by atoms with Crippen LogP contribution in [0.25, 0.3) is 0 Å². The molecule has 0 saturated carbocycles. The maximum Gasteiger partial charge on any atom is 0.240 e. The lowest BCUT2D eigenvalue weighted by Gasteiger charge is -2.32. The first-order chi connectivity index (χ1) is 14.0. The first-order valence-electron chi connectivity index (χ1n) is 10.2. The number of piperidine rings is 1. The van der Waals surface area contributed by atoms with Crippen LogP contribution in [-0.4, -0.2) is 45.7 Å². The number of nitrogens with one attached hydrogen (secondary N) is 1. The second-order valence-corrected chi connectivity index (χ2v) is 8.85. The molecule has 1 N–H and O–H groups in total. The predicted octanol–water partition coefficient (Wildman–Crippen LogP) is 3.43. The summed E-state index contributed by atoms with van der Waals surface area (Å²) in [6.45, 7) is 7.31. The molecule has 0 amide bonds. The number of sulfonamides is 1. The molecule has 158 valence electrons. The molecule has 0 radical (unpaired) electrons. The van der Waals surface area contributed by atoms with Gasteiger partial charge in [0.05, 0.1) is 18.1 Å². The normalized spacial score (nSPS) is 15.9. The molecule has 3 rings (SSSR count). The quantitative estimate of drug-likeness (QED) is 0.676. The molecule has 7 heteroatoms. The molecule has 1 aliphatic heterocycles. The molecule has 0 aromatic heterocycles. The number of nitrogens with zero attached hydrogens (tertiary/aromatic N) is 1. The number of hydrogen-bond acceptors (Lipinski definition) is 5. The molecule has 1 fully saturated rings. The molecule has 0 aliphatic carbocycles. The Bertz CT molecular complexity index is 879. The summed E-state index contributed by atoms with van der Waals surface area (Å²) in [5, 5.41) is 0. The second kappa shape index (κ2) is 10.1. The minimum Gasteiger partial charge on any atom is -0.490 e. The lowest BCUT2D eigenvalue weighted by atomic mass is 10.1. The fourth-order valence-electron chi connectivity index (χ4n) is 3.54. The molecule has 1 heterocycles. The molecule has 2 aromatic carbocycles. The Balaban J connectivity index is 1.60. The van der Waals surface area contributed by atoms with E-state index in [0.717, 1.165) is 32.5 Å². The van der Waals surface area contributed by atoms with E-state index in [1.165, 1.54) is 5.56 Å². The van der Waals surface area contributed by atoms with Crippen molar-refractivity contribution in [2.45, 2.75) is 44.2 Å². The van der Waals surface area contributed by atoms with Gasteiger partial charge in [-0.2, -0.15) is 0 Å². The highest BCUT2D eigenvalue weighted by Crippen LogP contribution is 2.30. The first kappa shape index (κ1) is 21.6. The Hall–Kier alpha value is -2.09. The van der Waals surface area contributed by atoms with Crippen LogP contribution in [0.15, 0.2) is 53.4 Å². The van der Waals surface area contributed by atoms with Gasteiger partial charge in [-0.3, -0.25) is 4.90 Å². The van der Waals surface area contributed by atoms with Crippen LogP contribution in [0.2, 0.25) is 0 Å². The van der Waals surface area contributed by atoms with Crippen molar-refractivity contribution in [1.29, 1.82) is 0 Å². The summed E-state index contributed by atoms with van der Waals surface area (Å²) >= 11 is 0. The lowest BCUT2D eigenvalue weighted by Crippen LogP contribution is -2.44. The Morgan fingerprint density at radius 3 is 2.28 bits per heavy atom. The second-order valence-electron chi connectivity index (χ2n) is 7.13. The van der Waals surface area contributed by atoms with Gasteiger partial charge >= 0.3 is 0 Å². The predicted molar refractivity (Wildman–Crippen MR) is 114 cm³/mol. The minimum atomic E-state index is -3.61. The zero-order valence-corrected chi connectivity index (χ0v) is 18.0. The fraction of sp³-hybridized carbons (Fsp3) is 0.455. The van der Waals surface area contributed by atoms with Crippen molar-refractivity contribution in [3.63, 3.8) is 0 Å². The third kappa shape index (κ3) is 5.95. The number of benzene rings is 2. The Morgan fingerprint density at radius 1 is 0.966 bits per heavy atom. The smallest absolute Gasteiger partial charge is 0.240 e. The molecular formula is C22H30N2O4S. The molecule has 2 aromatic rings. The van der Waals surface area contributed by atoms with E-state index < -0.39 is 10.0 Å². The van der Waals surface area contributed by atoms with Crippen LogP contribution in [0, 0.1) is 0 Å². The largest absolute Gasteiger partial charge is 0.490 e. The van der Waals surface area contributed by atoms with Crippen molar-refractivity contribution < 1.29 is 17.9 Å². The van der Waals surface area contributed by atoms with Crippen molar-refractivity contribution >= 4 is 10.0 Å². The summed E-state index contributed by atoms with van der Waals surface area (Å²) in [4.78, 5) is 2.57. The van der Waals surface area contributed by atoms with Crippen LogP contribution in [0.4, 0.5) is 0 Å². The van der Waals surface area contributed by atoms with Crippen molar-refractivity contribution in [3.05, 3.63) is 54.1 Å². The standard InChI is InChI=1S/C22H30N2O4S/c1-3-27-21-11-10-20(16-22(21)28-4-2)29(25,26)23-19-12-14-24(15-13-19)17-18-8-6-5-7-9-18/h5-11,16,19,23H,3-4,12-15,17H2,1-2H3. The fourth-order valence-corrected chi connectivity index (χ4v) is 4.86. The molecule has 29 heavy (non-hydrogen) atoms. The van der Waals surface area contributed by atoms with Gasteiger partial charge in [-0.05, 0) is 44.4 Å². The molecular weight excluding hydrogens is 388 g/mol. The van der Waals surface area contributed by atoms with Gasteiger partial charge in [-0.1, -0.05) is 30.3 Å². The summed E-state index contributed by atoms with van der Waals surface area (Å²) in [5.41, 5.74) is 1.28. The van der Waals surface area contributed by atoms with Crippen molar-refractivity contribution in [1.82, 2.24) is 9.62 Å². The van der Waals surface area contributed by atoms with Crippen LogP contribution in [0.3, 0.4) is 0 Å². The lowest BCUT2D eigenvalue weighted by molar-refractivity contribution is 0.200. The average Bonchev–Trinajstić information content (AvgIpc) is 2.72. The monoisotopic (exact) mass is 418 g/mol. The average molecular weight is 419 g/mol. The van der Waals surface area contributed by atoms with Gasteiger partial charge in [0.1, 0.15) is 0 Å². The van der Waals surface area contributed by atoms with E-state index in [0.29, 0.717) is 24.7 Å². The van der Waals surface area contributed by atoms with Crippen molar-refractivity contribution in [2.75, 3.05) is 26.3 Å². The summed E-state index contributed by atoms with van der Waals surface area (Å²) in [6.07, 6.45) is 1.59. The summed E-state index contributed by atoms with van der Waals surface area (Å²) in [6, 6.07) is 15.1. The zero-order valence-electron chi connectivity index (χ0n) is 17.1.